The molecule has 1 amide bonds. The molecule has 2 aromatic rings. The molecule has 0 fully saturated rings. The lowest BCUT2D eigenvalue weighted by Crippen LogP contribution is -2.33. The summed E-state index contributed by atoms with van der Waals surface area (Å²) in [6, 6.07) is 6.97. The SMILES string of the molecule is COc1ccc(OC)c(CN(CCO)C(=O)c2ccn[nH]2)c1. The Morgan fingerprint density at radius 3 is 2.73 bits per heavy atom. The van der Waals surface area contributed by atoms with Crippen LogP contribution in [0.2, 0.25) is 0 Å². The molecule has 0 aliphatic carbocycles. The predicted octanol–water partition coefficient (Wildman–Crippen LogP) is 1.06. The fourth-order valence-corrected chi connectivity index (χ4v) is 2.13. The molecule has 0 unspecified atom stereocenters. The minimum Gasteiger partial charge on any atom is -0.497 e. The number of nitrogens with zero attached hydrogens (tertiary/aromatic N) is 2. The summed E-state index contributed by atoms with van der Waals surface area (Å²) in [5.41, 5.74) is 1.17. The number of carbonyl (C=O) groups excluding carboxylic acids is 1. The van der Waals surface area contributed by atoms with E-state index in [0.29, 0.717) is 23.7 Å². The largest absolute Gasteiger partial charge is 0.497 e. The molecule has 1 aromatic heterocycles. The number of hydrogen-bond donors (Lipinski definition) is 2. The molecule has 7 nitrogen and oxygen atoms in total. The maximum atomic E-state index is 12.4. The smallest absolute Gasteiger partial charge is 0.272 e. The number of H-pyrrole nitrogens is 1. The Balaban J connectivity index is 2.25. The molecule has 0 radical (unpaired) electrons. The van der Waals surface area contributed by atoms with Gasteiger partial charge in [0.25, 0.3) is 5.91 Å². The van der Waals surface area contributed by atoms with Crippen molar-refractivity contribution in [1.82, 2.24) is 15.1 Å². The highest BCUT2D eigenvalue weighted by Crippen LogP contribution is 2.25. The van der Waals surface area contributed by atoms with Crippen molar-refractivity contribution in [1.29, 1.82) is 0 Å². The second-order valence-corrected chi connectivity index (χ2v) is 4.60. The fraction of sp³-hybridized carbons (Fsp3) is 0.333. The van der Waals surface area contributed by atoms with E-state index in [1.807, 2.05) is 6.07 Å². The van der Waals surface area contributed by atoms with Crippen LogP contribution in [0.3, 0.4) is 0 Å². The van der Waals surface area contributed by atoms with Crippen LogP contribution in [0.4, 0.5) is 0 Å². The summed E-state index contributed by atoms with van der Waals surface area (Å²) in [6.07, 6.45) is 1.51. The third kappa shape index (κ3) is 3.56. The van der Waals surface area contributed by atoms with Crippen LogP contribution in [0, 0.1) is 0 Å². The van der Waals surface area contributed by atoms with Crippen LogP contribution in [-0.2, 0) is 6.54 Å². The number of nitrogens with one attached hydrogen (secondary N) is 1. The van der Waals surface area contributed by atoms with Gasteiger partial charge in [-0.2, -0.15) is 5.10 Å². The Kier molecular flexibility index (Phi) is 5.37. The van der Waals surface area contributed by atoms with Crippen LogP contribution in [0.25, 0.3) is 0 Å². The van der Waals surface area contributed by atoms with Crippen molar-refractivity contribution in [3.63, 3.8) is 0 Å². The first-order chi connectivity index (χ1) is 10.7. The molecule has 0 spiro atoms. The van der Waals surface area contributed by atoms with Crippen LogP contribution in [-0.4, -0.2) is 53.5 Å². The average Bonchev–Trinajstić information content (AvgIpc) is 3.08. The zero-order valence-corrected chi connectivity index (χ0v) is 12.6. The third-order valence-electron chi connectivity index (χ3n) is 3.24. The Hall–Kier alpha value is -2.54. The standard InChI is InChI=1S/C15H19N3O4/c1-21-12-3-4-14(22-2)11(9-12)10-18(7-8-19)15(20)13-5-6-16-17-13/h3-6,9,19H,7-8,10H2,1-2H3,(H,16,17). The van der Waals surface area contributed by atoms with Crippen molar-refractivity contribution >= 4 is 5.91 Å². The molecule has 0 aliphatic rings. The number of hydrogen-bond acceptors (Lipinski definition) is 5. The van der Waals surface area contributed by atoms with Crippen LogP contribution < -0.4 is 9.47 Å². The van der Waals surface area contributed by atoms with Gasteiger partial charge in [-0.25, -0.2) is 0 Å². The van der Waals surface area contributed by atoms with Gasteiger partial charge < -0.3 is 19.5 Å². The van der Waals surface area contributed by atoms with E-state index in [9.17, 15) is 9.90 Å². The van der Waals surface area contributed by atoms with E-state index < -0.39 is 0 Å². The molecule has 1 heterocycles. The normalized spacial score (nSPS) is 10.3. The summed E-state index contributed by atoms with van der Waals surface area (Å²) in [5, 5.41) is 15.6. The highest BCUT2D eigenvalue weighted by Gasteiger charge is 2.19. The van der Waals surface area contributed by atoms with Crippen molar-refractivity contribution in [2.45, 2.75) is 6.54 Å². The van der Waals surface area contributed by atoms with Crippen molar-refractivity contribution in [2.75, 3.05) is 27.4 Å². The molecule has 2 rings (SSSR count). The highest BCUT2D eigenvalue weighted by atomic mass is 16.5. The second-order valence-electron chi connectivity index (χ2n) is 4.60. The van der Waals surface area contributed by atoms with E-state index in [-0.39, 0.29) is 19.1 Å². The van der Waals surface area contributed by atoms with Gasteiger partial charge in [-0.3, -0.25) is 9.89 Å². The molecule has 0 bridgehead atoms. The Morgan fingerprint density at radius 1 is 1.32 bits per heavy atom. The average molecular weight is 305 g/mol. The number of methoxy groups -OCH3 is 2. The molecule has 0 saturated heterocycles. The molecule has 2 N–H and O–H groups in total. The van der Waals surface area contributed by atoms with Gasteiger partial charge in [0.1, 0.15) is 17.2 Å². The maximum absolute atomic E-state index is 12.4. The molecule has 0 saturated carbocycles. The van der Waals surface area contributed by atoms with Gasteiger partial charge in [0.15, 0.2) is 0 Å². The molecule has 118 valence electrons. The van der Waals surface area contributed by atoms with E-state index in [2.05, 4.69) is 10.2 Å². The van der Waals surface area contributed by atoms with Crippen LogP contribution in [0.15, 0.2) is 30.5 Å². The first-order valence-corrected chi connectivity index (χ1v) is 6.80. The minimum atomic E-state index is -0.239. The van der Waals surface area contributed by atoms with Crippen molar-refractivity contribution in [3.05, 3.63) is 41.7 Å². The summed E-state index contributed by atoms with van der Waals surface area (Å²) >= 11 is 0. The quantitative estimate of drug-likeness (QED) is 0.798. The van der Waals surface area contributed by atoms with Gasteiger partial charge >= 0.3 is 0 Å². The van der Waals surface area contributed by atoms with Gasteiger partial charge in [0.2, 0.25) is 0 Å². The molecular formula is C15H19N3O4. The maximum Gasteiger partial charge on any atom is 0.272 e. The molecule has 22 heavy (non-hydrogen) atoms. The summed E-state index contributed by atoms with van der Waals surface area (Å²) in [6.45, 7) is 0.364. The molecule has 0 aliphatic heterocycles. The Bertz CT molecular complexity index is 613. The van der Waals surface area contributed by atoms with Crippen LogP contribution in [0.5, 0.6) is 11.5 Å². The Morgan fingerprint density at radius 2 is 2.14 bits per heavy atom. The zero-order valence-electron chi connectivity index (χ0n) is 12.6. The minimum absolute atomic E-state index is 0.133. The van der Waals surface area contributed by atoms with Crippen molar-refractivity contribution < 1.29 is 19.4 Å². The molecule has 0 atom stereocenters. The van der Waals surface area contributed by atoms with E-state index in [1.54, 1.807) is 32.4 Å². The number of aromatic amines is 1. The number of carbonyl (C=O) groups is 1. The number of benzene rings is 1. The van der Waals surface area contributed by atoms with E-state index >= 15 is 0 Å². The first kappa shape index (κ1) is 15.8. The summed E-state index contributed by atoms with van der Waals surface area (Å²) in [4.78, 5) is 13.9. The van der Waals surface area contributed by atoms with E-state index in [0.717, 1.165) is 5.56 Å². The number of aliphatic hydroxyl groups is 1. The summed E-state index contributed by atoms with van der Waals surface area (Å²) in [5.74, 6) is 1.09. The number of rotatable bonds is 7. The van der Waals surface area contributed by atoms with Gasteiger partial charge in [-0.1, -0.05) is 0 Å². The highest BCUT2D eigenvalue weighted by molar-refractivity contribution is 5.92. The number of amides is 1. The lowest BCUT2D eigenvalue weighted by Gasteiger charge is -2.22. The molecular weight excluding hydrogens is 286 g/mol. The monoisotopic (exact) mass is 305 g/mol. The topological polar surface area (TPSA) is 87.7 Å². The molecule has 1 aromatic carbocycles. The van der Waals surface area contributed by atoms with Gasteiger partial charge in [-0.05, 0) is 24.3 Å². The van der Waals surface area contributed by atoms with Crippen LogP contribution in [0.1, 0.15) is 16.1 Å². The number of ether oxygens (including phenoxy) is 2. The fourth-order valence-electron chi connectivity index (χ4n) is 2.13. The molecule has 7 heteroatoms. The van der Waals surface area contributed by atoms with Gasteiger partial charge in [-0.15, -0.1) is 0 Å². The summed E-state index contributed by atoms with van der Waals surface area (Å²) < 4.78 is 10.5. The number of aliphatic hydroxyl groups excluding tert-OH is 1. The zero-order chi connectivity index (χ0) is 15.9. The Labute approximate surface area is 128 Å². The third-order valence-corrected chi connectivity index (χ3v) is 3.24. The summed E-state index contributed by atoms with van der Waals surface area (Å²) in [7, 11) is 3.14. The van der Waals surface area contributed by atoms with Crippen molar-refractivity contribution in [3.8, 4) is 11.5 Å². The first-order valence-electron chi connectivity index (χ1n) is 6.80. The van der Waals surface area contributed by atoms with Gasteiger partial charge in [0.05, 0.1) is 20.8 Å². The lowest BCUT2D eigenvalue weighted by molar-refractivity contribution is 0.0700. The van der Waals surface area contributed by atoms with E-state index in [1.165, 1.54) is 11.1 Å². The van der Waals surface area contributed by atoms with Crippen molar-refractivity contribution in [2.24, 2.45) is 0 Å². The number of aromatic nitrogens is 2. The van der Waals surface area contributed by atoms with Crippen LogP contribution >= 0.6 is 0 Å². The predicted molar refractivity (Wildman–Crippen MR) is 80.0 cm³/mol. The second kappa shape index (κ2) is 7.46. The lowest BCUT2D eigenvalue weighted by atomic mass is 10.1. The van der Waals surface area contributed by atoms with Gasteiger partial charge in [0, 0.05) is 24.8 Å². The van der Waals surface area contributed by atoms with E-state index in [4.69, 9.17) is 9.47 Å².